The van der Waals surface area contributed by atoms with Gasteiger partial charge >= 0.3 is 0 Å². The molecule has 2 aliphatic carbocycles. The maximum Gasteiger partial charge on any atom is 0.0578 e. The van der Waals surface area contributed by atoms with Gasteiger partial charge in [0, 0.05) is 14.2 Å². The molecular formula is C16H34O2. The van der Waals surface area contributed by atoms with Crippen LogP contribution >= 0.6 is 0 Å². The summed E-state index contributed by atoms with van der Waals surface area (Å²) in [6, 6.07) is 0. The third-order valence-electron chi connectivity index (χ3n) is 3.49. The molecule has 0 N–H and O–H groups in total. The molecule has 0 atom stereocenters. The van der Waals surface area contributed by atoms with Crippen molar-refractivity contribution in [1.82, 2.24) is 0 Å². The quantitative estimate of drug-likeness (QED) is 0.697. The van der Waals surface area contributed by atoms with E-state index in [1.165, 1.54) is 64.2 Å². The Labute approximate surface area is 114 Å². The van der Waals surface area contributed by atoms with Crippen LogP contribution in [0.2, 0.25) is 0 Å². The molecule has 0 radical (unpaired) electrons. The van der Waals surface area contributed by atoms with E-state index in [4.69, 9.17) is 4.74 Å². The van der Waals surface area contributed by atoms with Crippen LogP contribution in [0.3, 0.4) is 0 Å². The molecule has 0 aromatic rings. The molecule has 0 heterocycles. The fraction of sp³-hybridized carbons (Fsp3) is 1.00. The summed E-state index contributed by atoms with van der Waals surface area (Å²) in [5.74, 6) is 0. The maximum atomic E-state index is 6.13. The standard InChI is InChI=1S/C12H22O.C2H6O.C2H6/c1-3-7-11(8-4-1)13-12-9-5-2-6-10-12;1-3-2;1-2/h11-12H,1-10H2;1-2H3;1-2H3. The van der Waals surface area contributed by atoms with Gasteiger partial charge < -0.3 is 9.47 Å². The molecule has 2 fully saturated rings. The van der Waals surface area contributed by atoms with Crippen molar-refractivity contribution in [2.24, 2.45) is 0 Å². The average Bonchev–Trinajstić information content (AvgIpc) is 2.44. The lowest BCUT2D eigenvalue weighted by molar-refractivity contribution is -0.0450. The number of hydrogen-bond acceptors (Lipinski definition) is 2. The van der Waals surface area contributed by atoms with Gasteiger partial charge in [-0.15, -0.1) is 0 Å². The van der Waals surface area contributed by atoms with E-state index in [0.717, 1.165) is 0 Å². The lowest BCUT2D eigenvalue weighted by Gasteiger charge is -2.29. The highest BCUT2D eigenvalue weighted by molar-refractivity contribution is 4.71. The van der Waals surface area contributed by atoms with Gasteiger partial charge in [-0.05, 0) is 25.7 Å². The second kappa shape index (κ2) is 13.4. The summed E-state index contributed by atoms with van der Waals surface area (Å²) in [5, 5.41) is 0. The smallest absolute Gasteiger partial charge is 0.0578 e. The van der Waals surface area contributed by atoms with E-state index in [-0.39, 0.29) is 0 Å². The first-order valence-electron chi connectivity index (χ1n) is 7.92. The van der Waals surface area contributed by atoms with Crippen molar-refractivity contribution in [2.75, 3.05) is 14.2 Å². The van der Waals surface area contributed by atoms with Gasteiger partial charge in [0.1, 0.15) is 0 Å². The van der Waals surface area contributed by atoms with Crippen LogP contribution in [-0.2, 0) is 9.47 Å². The van der Waals surface area contributed by atoms with Gasteiger partial charge in [-0.25, -0.2) is 0 Å². The predicted octanol–water partition coefficient (Wildman–Crippen LogP) is 4.96. The normalized spacial score (nSPS) is 21.3. The van der Waals surface area contributed by atoms with Crippen LogP contribution < -0.4 is 0 Å². The fourth-order valence-electron chi connectivity index (χ4n) is 2.67. The lowest BCUT2D eigenvalue weighted by Crippen LogP contribution is -2.25. The molecule has 2 aliphatic rings. The monoisotopic (exact) mass is 258 g/mol. The van der Waals surface area contributed by atoms with E-state index in [0.29, 0.717) is 12.2 Å². The van der Waals surface area contributed by atoms with Gasteiger partial charge in [-0.1, -0.05) is 52.4 Å². The summed E-state index contributed by atoms with van der Waals surface area (Å²) in [5.41, 5.74) is 0. The Morgan fingerprint density at radius 2 is 0.889 bits per heavy atom. The van der Waals surface area contributed by atoms with Crippen LogP contribution in [0.1, 0.15) is 78.1 Å². The Hall–Kier alpha value is -0.0800. The van der Waals surface area contributed by atoms with E-state index in [1.807, 2.05) is 13.8 Å². The number of methoxy groups -OCH3 is 1. The van der Waals surface area contributed by atoms with E-state index in [9.17, 15) is 0 Å². The first-order valence-corrected chi connectivity index (χ1v) is 7.92. The molecule has 0 bridgehead atoms. The molecule has 0 aromatic carbocycles. The third-order valence-corrected chi connectivity index (χ3v) is 3.49. The van der Waals surface area contributed by atoms with Gasteiger partial charge in [-0.2, -0.15) is 0 Å². The number of ether oxygens (including phenoxy) is 2. The number of rotatable bonds is 2. The highest BCUT2D eigenvalue weighted by Gasteiger charge is 2.20. The van der Waals surface area contributed by atoms with Crippen LogP contribution in [0, 0.1) is 0 Å². The van der Waals surface area contributed by atoms with Crippen LogP contribution in [-0.4, -0.2) is 26.4 Å². The van der Waals surface area contributed by atoms with Crippen LogP contribution in [0.5, 0.6) is 0 Å². The van der Waals surface area contributed by atoms with Gasteiger partial charge in [0.25, 0.3) is 0 Å². The summed E-state index contributed by atoms with van der Waals surface area (Å²) in [7, 11) is 3.25. The molecule has 110 valence electrons. The van der Waals surface area contributed by atoms with Crippen molar-refractivity contribution in [1.29, 1.82) is 0 Å². The zero-order valence-electron chi connectivity index (χ0n) is 13.0. The van der Waals surface area contributed by atoms with Crippen molar-refractivity contribution in [3.63, 3.8) is 0 Å². The molecule has 2 rings (SSSR count). The van der Waals surface area contributed by atoms with Crippen molar-refractivity contribution in [3.8, 4) is 0 Å². The van der Waals surface area contributed by atoms with E-state index in [2.05, 4.69) is 4.74 Å². The molecule has 2 saturated carbocycles. The second-order valence-corrected chi connectivity index (χ2v) is 5.06. The van der Waals surface area contributed by atoms with E-state index < -0.39 is 0 Å². The molecule has 2 nitrogen and oxygen atoms in total. The molecule has 0 unspecified atom stereocenters. The summed E-state index contributed by atoms with van der Waals surface area (Å²) in [6.45, 7) is 4.00. The van der Waals surface area contributed by atoms with Crippen molar-refractivity contribution >= 4 is 0 Å². The molecule has 18 heavy (non-hydrogen) atoms. The van der Waals surface area contributed by atoms with Crippen molar-refractivity contribution in [3.05, 3.63) is 0 Å². The van der Waals surface area contributed by atoms with Crippen LogP contribution in [0.15, 0.2) is 0 Å². The van der Waals surface area contributed by atoms with Gasteiger partial charge in [0.15, 0.2) is 0 Å². The Morgan fingerprint density at radius 1 is 0.611 bits per heavy atom. The Bertz CT molecular complexity index is 131. The summed E-state index contributed by atoms with van der Waals surface area (Å²) in [4.78, 5) is 0. The minimum Gasteiger partial charge on any atom is -0.388 e. The fourth-order valence-corrected chi connectivity index (χ4v) is 2.67. The van der Waals surface area contributed by atoms with Gasteiger partial charge in [0.2, 0.25) is 0 Å². The molecule has 2 heteroatoms. The predicted molar refractivity (Wildman–Crippen MR) is 79.1 cm³/mol. The van der Waals surface area contributed by atoms with E-state index >= 15 is 0 Å². The SMILES string of the molecule is C1CCC(OC2CCCCC2)CC1.CC.COC. The molecular weight excluding hydrogens is 224 g/mol. The van der Waals surface area contributed by atoms with Crippen LogP contribution in [0.4, 0.5) is 0 Å². The summed E-state index contributed by atoms with van der Waals surface area (Å²) < 4.78 is 10.4. The first-order chi connectivity index (χ1) is 8.86. The summed E-state index contributed by atoms with van der Waals surface area (Å²) in [6.07, 6.45) is 15.0. The summed E-state index contributed by atoms with van der Waals surface area (Å²) >= 11 is 0. The maximum absolute atomic E-state index is 6.13. The third kappa shape index (κ3) is 8.93. The molecule has 0 aliphatic heterocycles. The van der Waals surface area contributed by atoms with Gasteiger partial charge in [0.05, 0.1) is 12.2 Å². The van der Waals surface area contributed by atoms with Crippen molar-refractivity contribution < 1.29 is 9.47 Å². The molecule has 0 spiro atoms. The lowest BCUT2D eigenvalue weighted by atomic mass is 9.95. The number of hydrogen-bond donors (Lipinski definition) is 0. The topological polar surface area (TPSA) is 18.5 Å². The highest BCUT2D eigenvalue weighted by atomic mass is 16.5. The Balaban J connectivity index is 0.000000509. The van der Waals surface area contributed by atoms with Gasteiger partial charge in [-0.3, -0.25) is 0 Å². The second-order valence-electron chi connectivity index (χ2n) is 5.06. The molecule has 0 amide bonds. The average molecular weight is 258 g/mol. The molecule has 0 saturated heterocycles. The highest BCUT2D eigenvalue weighted by Crippen LogP contribution is 2.26. The van der Waals surface area contributed by atoms with Crippen LogP contribution in [0.25, 0.3) is 0 Å². The first kappa shape index (κ1) is 17.9. The Morgan fingerprint density at radius 3 is 1.17 bits per heavy atom. The van der Waals surface area contributed by atoms with Crippen molar-refractivity contribution in [2.45, 2.75) is 90.3 Å². The molecule has 0 aromatic heterocycles. The zero-order valence-corrected chi connectivity index (χ0v) is 13.0. The zero-order chi connectivity index (χ0) is 13.6. The largest absolute Gasteiger partial charge is 0.388 e. The van der Waals surface area contributed by atoms with E-state index in [1.54, 1.807) is 14.2 Å². The minimum atomic E-state index is 0.622. The Kier molecular flexibility index (Phi) is 13.3. The minimum absolute atomic E-state index is 0.622.